The normalized spacial score (nSPS) is 11.3. The number of thioether (sulfide) groups is 1. The number of benzene rings is 1. The van der Waals surface area contributed by atoms with Crippen LogP contribution in [0.25, 0.3) is 16.4 Å². The Morgan fingerprint density at radius 3 is 2.55 bits per heavy atom. The number of ketones is 1. The molecule has 0 aliphatic heterocycles. The first-order valence-corrected chi connectivity index (χ1v) is 12.2. The van der Waals surface area contributed by atoms with E-state index >= 15 is 0 Å². The zero-order valence-corrected chi connectivity index (χ0v) is 20.1. The smallest absolute Gasteiger partial charge is 0.191 e. The minimum atomic E-state index is 0.108. The second-order valence-corrected chi connectivity index (χ2v) is 9.52. The summed E-state index contributed by atoms with van der Waals surface area (Å²) in [5.74, 6) is 1.30. The number of Topliss-reactive ketones (excluding diaryl/α,β-unsaturated/α-hetero) is 1. The van der Waals surface area contributed by atoms with E-state index in [9.17, 15) is 4.79 Å². The molecule has 0 radical (unpaired) electrons. The van der Waals surface area contributed by atoms with Crippen LogP contribution in [0.1, 0.15) is 39.8 Å². The molecule has 0 spiro atoms. The van der Waals surface area contributed by atoms with Gasteiger partial charge in [-0.3, -0.25) is 4.79 Å². The molecule has 0 N–H and O–H groups in total. The van der Waals surface area contributed by atoms with Crippen molar-refractivity contribution in [2.24, 2.45) is 0 Å². The standard InChI is InChI=1S/C24H26N4OS2/c1-6-27-23(22-8-7-11-30-22)25-26-24(27)31-14-21(29)20-13-17(4)28(18(20)5)19-10-9-15(2)16(3)12-19/h7-13H,6,14H2,1-5H3. The Bertz CT molecular complexity index is 1230. The molecule has 3 aromatic heterocycles. The van der Waals surface area contributed by atoms with Crippen molar-refractivity contribution in [1.82, 2.24) is 19.3 Å². The topological polar surface area (TPSA) is 52.7 Å². The summed E-state index contributed by atoms with van der Waals surface area (Å²) in [6.45, 7) is 11.1. The van der Waals surface area contributed by atoms with Crippen LogP contribution < -0.4 is 0 Å². The van der Waals surface area contributed by atoms with Crippen molar-refractivity contribution in [2.75, 3.05) is 5.75 Å². The maximum absolute atomic E-state index is 13.1. The van der Waals surface area contributed by atoms with Crippen LogP contribution in [0.5, 0.6) is 0 Å². The van der Waals surface area contributed by atoms with Crippen LogP contribution in [0.3, 0.4) is 0 Å². The van der Waals surface area contributed by atoms with Gasteiger partial charge in [0.25, 0.3) is 0 Å². The molecule has 0 saturated carbocycles. The van der Waals surface area contributed by atoms with Gasteiger partial charge in [-0.2, -0.15) is 0 Å². The van der Waals surface area contributed by atoms with Crippen molar-refractivity contribution in [3.05, 3.63) is 69.9 Å². The van der Waals surface area contributed by atoms with Gasteiger partial charge in [0, 0.05) is 29.2 Å². The van der Waals surface area contributed by atoms with Gasteiger partial charge >= 0.3 is 0 Å². The van der Waals surface area contributed by atoms with Gasteiger partial charge in [-0.15, -0.1) is 21.5 Å². The zero-order valence-electron chi connectivity index (χ0n) is 18.5. The SMILES string of the molecule is CCn1c(SCC(=O)c2cc(C)n(-c3ccc(C)c(C)c3)c2C)nnc1-c1cccs1. The van der Waals surface area contributed by atoms with Gasteiger partial charge in [-0.05, 0) is 75.4 Å². The molecular weight excluding hydrogens is 424 g/mol. The lowest BCUT2D eigenvalue weighted by Crippen LogP contribution is -2.07. The average molecular weight is 451 g/mol. The molecule has 3 heterocycles. The van der Waals surface area contributed by atoms with Crippen molar-refractivity contribution in [2.45, 2.75) is 46.3 Å². The molecule has 0 aliphatic rings. The highest BCUT2D eigenvalue weighted by molar-refractivity contribution is 7.99. The van der Waals surface area contributed by atoms with E-state index in [0.29, 0.717) is 5.75 Å². The molecule has 0 amide bonds. The third-order valence-corrected chi connectivity index (χ3v) is 7.42. The van der Waals surface area contributed by atoms with Crippen molar-refractivity contribution >= 4 is 28.9 Å². The first-order valence-electron chi connectivity index (χ1n) is 10.3. The summed E-state index contributed by atoms with van der Waals surface area (Å²) in [7, 11) is 0. The molecule has 0 aliphatic carbocycles. The van der Waals surface area contributed by atoms with Crippen LogP contribution in [-0.2, 0) is 6.54 Å². The van der Waals surface area contributed by atoms with Gasteiger partial charge in [0.2, 0.25) is 0 Å². The van der Waals surface area contributed by atoms with Crippen LogP contribution in [0.4, 0.5) is 0 Å². The molecule has 0 fully saturated rings. The molecule has 1 aromatic carbocycles. The fraction of sp³-hybridized carbons (Fsp3) is 0.292. The van der Waals surface area contributed by atoms with Crippen LogP contribution >= 0.6 is 23.1 Å². The van der Waals surface area contributed by atoms with Gasteiger partial charge in [-0.25, -0.2) is 0 Å². The Balaban J connectivity index is 1.56. The molecule has 4 aromatic rings. The monoisotopic (exact) mass is 450 g/mol. The van der Waals surface area contributed by atoms with E-state index in [2.05, 4.69) is 58.3 Å². The summed E-state index contributed by atoms with van der Waals surface area (Å²) in [4.78, 5) is 14.2. The Labute approximate surface area is 191 Å². The van der Waals surface area contributed by atoms with E-state index in [1.807, 2.05) is 37.4 Å². The second kappa shape index (κ2) is 8.85. The molecule has 4 rings (SSSR count). The highest BCUT2D eigenvalue weighted by Crippen LogP contribution is 2.29. The molecule has 0 atom stereocenters. The molecule has 0 bridgehead atoms. The minimum absolute atomic E-state index is 0.108. The van der Waals surface area contributed by atoms with Crippen molar-refractivity contribution in [3.8, 4) is 16.4 Å². The number of carbonyl (C=O) groups excluding carboxylic acids is 1. The average Bonchev–Trinajstić information content (AvgIpc) is 3.47. The Morgan fingerprint density at radius 1 is 1.06 bits per heavy atom. The predicted octanol–water partition coefficient (Wildman–Crippen LogP) is 6.03. The van der Waals surface area contributed by atoms with E-state index in [1.54, 1.807) is 11.3 Å². The largest absolute Gasteiger partial charge is 0.318 e. The number of thiophene rings is 1. The Hall–Kier alpha value is -2.64. The number of carbonyl (C=O) groups is 1. The number of aromatic nitrogens is 4. The molecular formula is C24H26N4OS2. The van der Waals surface area contributed by atoms with E-state index in [-0.39, 0.29) is 5.78 Å². The highest BCUT2D eigenvalue weighted by atomic mass is 32.2. The van der Waals surface area contributed by atoms with Crippen molar-refractivity contribution in [1.29, 1.82) is 0 Å². The lowest BCUT2D eigenvalue weighted by atomic mass is 10.1. The van der Waals surface area contributed by atoms with E-state index in [1.165, 1.54) is 22.9 Å². The quantitative estimate of drug-likeness (QED) is 0.255. The fourth-order valence-corrected chi connectivity index (χ4v) is 5.39. The number of hydrogen-bond acceptors (Lipinski definition) is 5. The summed E-state index contributed by atoms with van der Waals surface area (Å²) in [6, 6.07) is 12.5. The van der Waals surface area contributed by atoms with Crippen LogP contribution in [0.2, 0.25) is 0 Å². The third kappa shape index (κ3) is 4.12. The van der Waals surface area contributed by atoms with Crippen LogP contribution in [-0.4, -0.2) is 30.9 Å². The molecule has 5 nitrogen and oxygen atoms in total. The summed E-state index contributed by atoms with van der Waals surface area (Å²) >= 11 is 3.10. The molecule has 0 saturated heterocycles. The zero-order chi connectivity index (χ0) is 22.1. The van der Waals surface area contributed by atoms with E-state index < -0.39 is 0 Å². The lowest BCUT2D eigenvalue weighted by Gasteiger charge is -2.12. The van der Waals surface area contributed by atoms with Gasteiger partial charge in [0.15, 0.2) is 16.8 Å². The minimum Gasteiger partial charge on any atom is -0.318 e. The lowest BCUT2D eigenvalue weighted by molar-refractivity contribution is 0.102. The summed E-state index contributed by atoms with van der Waals surface area (Å²) < 4.78 is 4.23. The number of nitrogens with zero attached hydrogens (tertiary/aromatic N) is 4. The molecule has 0 unspecified atom stereocenters. The summed E-state index contributed by atoms with van der Waals surface area (Å²) in [6.07, 6.45) is 0. The van der Waals surface area contributed by atoms with Crippen LogP contribution in [0, 0.1) is 27.7 Å². The van der Waals surface area contributed by atoms with Gasteiger partial charge in [-0.1, -0.05) is 23.9 Å². The van der Waals surface area contributed by atoms with E-state index in [4.69, 9.17) is 0 Å². The second-order valence-electron chi connectivity index (χ2n) is 7.63. The van der Waals surface area contributed by atoms with Gasteiger partial charge in [0.1, 0.15) is 0 Å². The van der Waals surface area contributed by atoms with Gasteiger partial charge in [0.05, 0.1) is 10.6 Å². The molecule has 160 valence electrons. The first kappa shape index (κ1) is 21.6. The van der Waals surface area contributed by atoms with Gasteiger partial charge < -0.3 is 9.13 Å². The Kier molecular flexibility index (Phi) is 6.16. The van der Waals surface area contributed by atoms with Crippen molar-refractivity contribution in [3.63, 3.8) is 0 Å². The fourth-order valence-electron chi connectivity index (χ4n) is 3.78. The summed E-state index contributed by atoms with van der Waals surface area (Å²) in [5, 5.41) is 11.5. The Morgan fingerprint density at radius 2 is 1.87 bits per heavy atom. The van der Waals surface area contributed by atoms with Crippen LogP contribution in [0.15, 0.2) is 46.9 Å². The number of aryl methyl sites for hydroxylation is 3. The predicted molar refractivity (Wildman–Crippen MR) is 129 cm³/mol. The van der Waals surface area contributed by atoms with E-state index in [0.717, 1.165) is 45.0 Å². The first-order chi connectivity index (χ1) is 14.9. The molecule has 7 heteroatoms. The highest BCUT2D eigenvalue weighted by Gasteiger charge is 2.19. The number of hydrogen-bond donors (Lipinski definition) is 0. The maximum atomic E-state index is 13.1. The summed E-state index contributed by atoms with van der Waals surface area (Å²) in [5.41, 5.74) is 6.41. The third-order valence-electron chi connectivity index (χ3n) is 5.59. The molecule has 31 heavy (non-hydrogen) atoms. The van der Waals surface area contributed by atoms with Crippen molar-refractivity contribution < 1.29 is 4.79 Å². The number of rotatable bonds is 7. The maximum Gasteiger partial charge on any atom is 0.191 e.